The molecule has 0 spiro atoms. The van der Waals surface area contributed by atoms with Crippen molar-refractivity contribution in [3.8, 4) is 23.0 Å². The molecule has 0 aliphatic rings. The summed E-state index contributed by atoms with van der Waals surface area (Å²) in [7, 11) is 2.94. The molecule has 8 nitrogen and oxygen atoms in total. The van der Waals surface area contributed by atoms with E-state index in [2.05, 4.69) is 0 Å². The summed E-state index contributed by atoms with van der Waals surface area (Å²) in [6.45, 7) is 6.78. The van der Waals surface area contributed by atoms with E-state index in [1.54, 1.807) is 30.3 Å². The van der Waals surface area contributed by atoms with E-state index in [0.29, 0.717) is 23.7 Å². The van der Waals surface area contributed by atoms with E-state index in [1.807, 2.05) is 13.8 Å². The minimum Gasteiger partial charge on any atom is -0.504 e. The maximum Gasteiger partial charge on any atom is 0.308 e. The van der Waals surface area contributed by atoms with Crippen molar-refractivity contribution in [2.75, 3.05) is 27.4 Å². The number of rotatable bonds is 10. The van der Waals surface area contributed by atoms with E-state index in [9.17, 15) is 14.7 Å². The Hall–Kier alpha value is -3.26. The van der Waals surface area contributed by atoms with Gasteiger partial charge in [0.25, 0.3) is 0 Å². The van der Waals surface area contributed by atoms with Gasteiger partial charge in [0.05, 0.1) is 20.1 Å². The van der Waals surface area contributed by atoms with Crippen LogP contribution in [-0.4, -0.2) is 44.5 Å². The average molecular weight is 446 g/mol. The summed E-state index contributed by atoms with van der Waals surface area (Å²) in [5.74, 6) is -0.446. The molecule has 0 bridgehead atoms. The van der Waals surface area contributed by atoms with Crippen LogP contribution in [0.1, 0.15) is 44.7 Å². The number of esters is 2. The summed E-state index contributed by atoms with van der Waals surface area (Å²) in [5.41, 5.74) is 0.482. The molecule has 0 fully saturated rings. The van der Waals surface area contributed by atoms with E-state index in [4.69, 9.17) is 23.7 Å². The Kier molecular flexibility index (Phi) is 8.48. The molecule has 2 aromatic carbocycles. The first-order chi connectivity index (χ1) is 15.2. The third kappa shape index (κ3) is 5.70. The molecular weight excluding hydrogens is 416 g/mol. The molecule has 174 valence electrons. The van der Waals surface area contributed by atoms with Gasteiger partial charge >= 0.3 is 11.9 Å². The van der Waals surface area contributed by atoms with Gasteiger partial charge in [0.1, 0.15) is 12.2 Å². The Morgan fingerprint density at radius 3 is 2.22 bits per heavy atom. The Morgan fingerprint density at radius 2 is 1.66 bits per heavy atom. The Balaban J connectivity index is 2.64. The number of hydrogen-bond acceptors (Lipinski definition) is 8. The number of carbonyl (C=O) groups is 2. The standard InChI is InChI=1S/C24H30O8/c1-7-31-24(4,18-9-10-20(27)22(13-18)28-5)19(14-30-15(2)25)17-8-11-21(32-16(3)26)23(12-17)29-6/h8-13,19,27H,7,14H2,1-6H3/t19-,24+/m1/s1. The normalized spacial score (nSPS) is 13.6. The number of aromatic hydroxyl groups is 1. The van der Waals surface area contributed by atoms with Gasteiger partial charge in [-0.3, -0.25) is 9.59 Å². The van der Waals surface area contributed by atoms with Crippen LogP contribution in [0.4, 0.5) is 0 Å². The zero-order valence-electron chi connectivity index (χ0n) is 19.3. The van der Waals surface area contributed by atoms with Crippen LogP contribution in [0.2, 0.25) is 0 Å². The molecule has 2 atom stereocenters. The molecule has 2 rings (SSSR count). The molecule has 2 aromatic rings. The quantitative estimate of drug-likeness (QED) is 0.433. The molecule has 0 aromatic heterocycles. The second-order valence-corrected chi connectivity index (χ2v) is 7.29. The van der Waals surface area contributed by atoms with Gasteiger partial charge in [-0.1, -0.05) is 12.1 Å². The largest absolute Gasteiger partial charge is 0.504 e. The second kappa shape index (κ2) is 10.9. The molecular formula is C24H30O8. The van der Waals surface area contributed by atoms with Gasteiger partial charge in [0.2, 0.25) is 0 Å². The molecule has 0 radical (unpaired) electrons. The van der Waals surface area contributed by atoms with E-state index in [1.165, 1.54) is 34.1 Å². The van der Waals surface area contributed by atoms with Crippen LogP contribution >= 0.6 is 0 Å². The first kappa shape index (κ1) is 25.0. The van der Waals surface area contributed by atoms with E-state index >= 15 is 0 Å². The predicted octanol–water partition coefficient (Wildman–Crippen LogP) is 3.93. The van der Waals surface area contributed by atoms with Crippen molar-refractivity contribution in [2.45, 2.75) is 39.2 Å². The molecule has 0 amide bonds. The highest BCUT2D eigenvalue weighted by Crippen LogP contribution is 2.44. The lowest BCUT2D eigenvalue weighted by Crippen LogP contribution is -2.37. The number of phenols is 1. The zero-order valence-corrected chi connectivity index (χ0v) is 19.3. The monoisotopic (exact) mass is 446 g/mol. The van der Waals surface area contributed by atoms with Gasteiger partial charge in [-0.25, -0.2) is 0 Å². The van der Waals surface area contributed by atoms with Gasteiger partial charge in [-0.2, -0.15) is 0 Å². The van der Waals surface area contributed by atoms with Crippen LogP contribution in [0.5, 0.6) is 23.0 Å². The van der Waals surface area contributed by atoms with Crippen molar-refractivity contribution < 1.29 is 38.4 Å². The third-order valence-corrected chi connectivity index (χ3v) is 5.16. The molecule has 0 heterocycles. The predicted molar refractivity (Wildman–Crippen MR) is 117 cm³/mol. The van der Waals surface area contributed by atoms with E-state index in [-0.39, 0.29) is 18.1 Å². The van der Waals surface area contributed by atoms with Crippen LogP contribution in [0.3, 0.4) is 0 Å². The van der Waals surface area contributed by atoms with Gasteiger partial charge in [-0.15, -0.1) is 0 Å². The number of hydrogen-bond donors (Lipinski definition) is 1. The molecule has 0 saturated heterocycles. The molecule has 8 heteroatoms. The second-order valence-electron chi connectivity index (χ2n) is 7.29. The van der Waals surface area contributed by atoms with Crippen molar-refractivity contribution in [1.29, 1.82) is 0 Å². The number of phenolic OH excluding ortho intramolecular Hbond substituents is 1. The number of benzene rings is 2. The summed E-state index contributed by atoms with van der Waals surface area (Å²) < 4.78 is 27.5. The van der Waals surface area contributed by atoms with Crippen LogP contribution in [0, 0.1) is 0 Å². The first-order valence-corrected chi connectivity index (χ1v) is 10.2. The Morgan fingerprint density at radius 1 is 0.969 bits per heavy atom. The number of methoxy groups -OCH3 is 2. The van der Waals surface area contributed by atoms with Gasteiger partial charge in [0, 0.05) is 20.5 Å². The molecule has 32 heavy (non-hydrogen) atoms. The van der Waals surface area contributed by atoms with Crippen molar-refractivity contribution >= 4 is 11.9 Å². The maximum atomic E-state index is 11.6. The van der Waals surface area contributed by atoms with Gasteiger partial charge in [0.15, 0.2) is 23.0 Å². The zero-order chi connectivity index (χ0) is 23.9. The molecule has 0 saturated carbocycles. The fraction of sp³-hybridized carbons (Fsp3) is 0.417. The topological polar surface area (TPSA) is 101 Å². The van der Waals surface area contributed by atoms with Crippen LogP contribution < -0.4 is 14.2 Å². The van der Waals surface area contributed by atoms with Crippen LogP contribution in [0.15, 0.2) is 36.4 Å². The highest BCUT2D eigenvalue weighted by molar-refractivity contribution is 5.70. The molecule has 0 aliphatic heterocycles. The Labute approximate surface area is 188 Å². The lowest BCUT2D eigenvalue weighted by molar-refractivity contribution is -0.145. The van der Waals surface area contributed by atoms with Crippen LogP contribution in [-0.2, 0) is 24.7 Å². The van der Waals surface area contributed by atoms with Gasteiger partial charge in [-0.05, 0) is 49.2 Å². The van der Waals surface area contributed by atoms with Crippen molar-refractivity contribution in [3.05, 3.63) is 47.5 Å². The van der Waals surface area contributed by atoms with E-state index < -0.39 is 23.5 Å². The van der Waals surface area contributed by atoms with Crippen molar-refractivity contribution in [2.24, 2.45) is 0 Å². The molecule has 1 N–H and O–H groups in total. The lowest BCUT2D eigenvalue weighted by Gasteiger charge is -2.38. The number of ether oxygens (including phenoxy) is 5. The summed E-state index contributed by atoms with van der Waals surface area (Å²) in [6.07, 6.45) is 0. The highest BCUT2D eigenvalue weighted by Gasteiger charge is 2.40. The fourth-order valence-corrected chi connectivity index (χ4v) is 3.59. The molecule has 0 unspecified atom stereocenters. The average Bonchev–Trinajstić information content (AvgIpc) is 2.74. The summed E-state index contributed by atoms with van der Waals surface area (Å²) >= 11 is 0. The summed E-state index contributed by atoms with van der Waals surface area (Å²) in [5, 5.41) is 10.0. The van der Waals surface area contributed by atoms with Crippen molar-refractivity contribution in [3.63, 3.8) is 0 Å². The Bertz CT molecular complexity index is 955. The third-order valence-electron chi connectivity index (χ3n) is 5.16. The van der Waals surface area contributed by atoms with Gasteiger partial charge < -0.3 is 28.8 Å². The number of carbonyl (C=O) groups excluding carboxylic acids is 2. The fourth-order valence-electron chi connectivity index (χ4n) is 3.59. The SMILES string of the molecule is CCO[C@@](C)(c1ccc(O)c(OC)c1)[C@H](COC(C)=O)c1ccc(OC(C)=O)c(OC)c1. The minimum atomic E-state index is -0.973. The summed E-state index contributed by atoms with van der Waals surface area (Å²) in [4.78, 5) is 23.1. The lowest BCUT2D eigenvalue weighted by atomic mass is 9.78. The van der Waals surface area contributed by atoms with Crippen LogP contribution in [0.25, 0.3) is 0 Å². The highest BCUT2D eigenvalue weighted by atomic mass is 16.6. The molecule has 0 aliphatic carbocycles. The minimum absolute atomic E-state index is 0.000891. The van der Waals surface area contributed by atoms with E-state index in [0.717, 1.165) is 5.56 Å². The summed E-state index contributed by atoms with van der Waals surface area (Å²) in [6, 6.07) is 10.1. The van der Waals surface area contributed by atoms with Crippen molar-refractivity contribution in [1.82, 2.24) is 0 Å². The first-order valence-electron chi connectivity index (χ1n) is 10.2. The maximum absolute atomic E-state index is 11.6. The smallest absolute Gasteiger partial charge is 0.308 e.